The van der Waals surface area contributed by atoms with Crippen LogP contribution in [-0.4, -0.2) is 61.1 Å². The lowest BCUT2D eigenvalue weighted by Crippen LogP contribution is -2.39. The van der Waals surface area contributed by atoms with Gasteiger partial charge in [-0.1, -0.05) is 0 Å². The molecule has 1 heterocycles. The zero-order chi connectivity index (χ0) is 13.3. The minimum Gasteiger partial charge on any atom is -0.331 e. The Morgan fingerprint density at radius 2 is 1.89 bits per heavy atom. The highest BCUT2D eigenvalue weighted by Gasteiger charge is 2.47. The molecule has 1 aliphatic carbocycles. The van der Waals surface area contributed by atoms with Crippen LogP contribution in [0.4, 0.5) is 4.79 Å². The van der Waals surface area contributed by atoms with E-state index in [1.165, 1.54) is 6.21 Å². The van der Waals surface area contributed by atoms with E-state index >= 15 is 0 Å². The maximum absolute atomic E-state index is 11.9. The highest BCUT2D eigenvalue weighted by Crippen LogP contribution is 2.45. The van der Waals surface area contributed by atoms with Crippen LogP contribution < -0.4 is 0 Å². The van der Waals surface area contributed by atoms with Gasteiger partial charge in [0.1, 0.15) is 0 Å². The van der Waals surface area contributed by atoms with Crippen LogP contribution in [0.15, 0.2) is 4.99 Å². The Bertz CT molecular complexity index is 364. The first kappa shape index (κ1) is 13.1. The van der Waals surface area contributed by atoms with E-state index in [0.717, 1.165) is 32.2 Å². The molecule has 0 bridgehead atoms. The fourth-order valence-electron chi connectivity index (χ4n) is 3.37. The number of aldehydes is 1. The van der Waals surface area contributed by atoms with Gasteiger partial charge in [0.2, 0.25) is 0 Å². The minimum atomic E-state index is -0.108. The summed E-state index contributed by atoms with van der Waals surface area (Å²) in [5.74, 6) is 1.06. The number of urea groups is 1. The summed E-state index contributed by atoms with van der Waals surface area (Å²) in [5, 5.41) is 0. The van der Waals surface area contributed by atoms with Crippen molar-refractivity contribution in [3.63, 3.8) is 0 Å². The SMILES string of the molecule is CN(C)C(=O)N1C[C@@H]2C[C@](C)(N=CC=O)C[C@@H]2C1. The van der Waals surface area contributed by atoms with Crippen LogP contribution in [0, 0.1) is 11.8 Å². The Balaban J connectivity index is 1.97. The smallest absolute Gasteiger partial charge is 0.319 e. The fraction of sp³-hybridized carbons (Fsp3) is 0.769. The predicted octanol–water partition coefficient (Wildman–Crippen LogP) is 1.04. The fourth-order valence-corrected chi connectivity index (χ4v) is 3.37. The van der Waals surface area contributed by atoms with Gasteiger partial charge in [0.15, 0.2) is 6.29 Å². The van der Waals surface area contributed by atoms with Crippen LogP contribution in [-0.2, 0) is 4.79 Å². The van der Waals surface area contributed by atoms with E-state index in [1.54, 1.807) is 19.0 Å². The van der Waals surface area contributed by atoms with Gasteiger partial charge < -0.3 is 9.80 Å². The highest BCUT2D eigenvalue weighted by atomic mass is 16.2. The summed E-state index contributed by atoms with van der Waals surface area (Å²) >= 11 is 0. The normalized spacial score (nSPS) is 34.9. The van der Waals surface area contributed by atoms with E-state index in [4.69, 9.17) is 0 Å². The summed E-state index contributed by atoms with van der Waals surface area (Å²) in [4.78, 5) is 30.2. The third kappa shape index (κ3) is 2.40. The molecule has 2 fully saturated rings. The number of rotatable bonds is 2. The predicted molar refractivity (Wildman–Crippen MR) is 69.8 cm³/mol. The number of carbonyl (C=O) groups is 2. The van der Waals surface area contributed by atoms with E-state index in [1.807, 2.05) is 4.90 Å². The molecule has 5 nitrogen and oxygen atoms in total. The molecule has 2 rings (SSSR count). The second-order valence-corrected chi connectivity index (χ2v) is 5.92. The Labute approximate surface area is 108 Å². The molecule has 1 aliphatic heterocycles. The quantitative estimate of drug-likeness (QED) is 0.544. The molecule has 5 heteroatoms. The zero-order valence-electron chi connectivity index (χ0n) is 11.3. The monoisotopic (exact) mass is 251 g/mol. The Kier molecular flexibility index (Phi) is 3.41. The van der Waals surface area contributed by atoms with Crippen LogP contribution in [0.25, 0.3) is 0 Å². The number of fused-ring (bicyclic) bond motifs is 1. The topological polar surface area (TPSA) is 53.0 Å². The largest absolute Gasteiger partial charge is 0.331 e. The van der Waals surface area contributed by atoms with Crippen molar-refractivity contribution in [2.75, 3.05) is 27.2 Å². The van der Waals surface area contributed by atoms with Crippen molar-refractivity contribution >= 4 is 18.5 Å². The van der Waals surface area contributed by atoms with Gasteiger partial charge >= 0.3 is 6.03 Å². The number of hydrogen-bond acceptors (Lipinski definition) is 3. The number of carbonyl (C=O) groups excluding carboxylic acids is 2. The molecule has 1 saturated heterocycles. The molecule has 0 spiro atoms. The molecule has 0 aromatic rings. The maximum Gasteiger partial charge on any atom is 0.319 e. The van der Waals surface area contributed by atoms with E-state index in [2.05, 4.69) is 11.9 Å². The van der Waals surface area contributed by atoms with Gasteiger partial charge in [-0.3, -0.25) is 9.79 Å². The van der Waals surface area contributed by atoms with Gasteiger partial charge in [0.25, 0.3) is 0 Å². The number of aliphatic imine (C=N–C) groups is 1. The number of amides is 2. The summed E-state index contributed by atoms with van der Waals surface area (Å²) in [6.45, 7) is 3.76. The lowest BCUT2D eigenvalue weighted by Gasteiger charge is -2.25. The summed E-state index contributed by atoms with van der Waals surface area (Å²) in [7, 11) is 3.57. The van der Waals surface area contributed by atoms with E-state index in [-0.39, 0.29) is 11.6 Å². The number of likely N-dealkylation sites (tertiary alicyclic amines) is 1. The molecule has 0 radical (unpaired) electrons. The molecule has 1 saturated carbocycles. The molecule has 2 aliphatic rings. The first-order valence-electron chi connectivity index (χ1n) is 6.40. The molecular formula is C13H21N3O2. The highest BCUT2D eigenvalue weighted by molar-refractivity contribution is 6.13. The van der Waals surface area contributed by atoms with Gasteiger partial charge in [-0.2, -0.15) is 0 Å². The van der Waals surface area contributed by atoms with E-state index in [0.29, 0.717) is 11.8 Å². The van der Waals surface area contributed by atoms with Crippen molar-refractivity contribution < 1.29 is 9.59 Å². The van der Waals surface area contributed by atoms with Crippen molar-refractivity contribution in [3.8, 4) is 0 Å². The zero-order valence-corrected chi connectivity index (χ0v) is 11.3. The van der Waals surface area contributed by atoms with Crippen molar-refractivity contribution in [2.24, 2.45) is 16.8 Å². The van der Waals surface area contributed by atoms with Crippen molar-refractivity contribution in [1.82, 2.24) is 9.80 Å². The van der Waals surface area contributed by atoms with Crippen LogP contribution in [0.1, 0.15) is 19.8 Å². The van der Waals surface area contributed by atoms with Gasteiger partial charge in [-0.05, 0) is 31.6 Å². The Hall–Kier alpha value is -1.39. The number of hydrogen-bond donors (Lipinski definition) is 0. The molecule has 0 unspecified atom stereocenters. The molecule has 18 heavy (non-hydrogen) atoms. The lowest BCUT2D eigenvalue weighted by molar-refractivity contribution is -0.102. The molecule has 100 valence electrons. The van der Waals surface area contributed by atoms with Crippen molar-refractivity contribution in [3.05, 3.63) is 0 Å². The minimum absolute atomic E-state index is 0.0995. The third-order valence-electron chi connectivity index (χ3n) is 4.08. The third-order valence-corrected chi connectivity index (χ3v) is 4.08. The molecule has 2 amide bonds. The first-order chi connectivity index (χ1) is 8.45. The summed E-state index contributed by atoms with van der Waals surface area (Å²) in [5.41, 5.74) is -0.108. The van der Waals surface area contributed by atoms with Crippen LogP contribution >= 0.6 is 0 Å². The number of nitrogens with zero attached hydrogens (tertiary/aromatic N) is 3. The van der Waals surface area contributed by atoms with Crippen molar-refractivity contribution in [2.45, 2.75) is 25.3 Å². The molecule has 0 aromatic carbocycles. The lowest BCUT2D eigenvalue weighted by atomic mass is 9.99. The van der Waals surface area contributed by atoms with Crippen molar-refractivity contribution in [1.29, 1.82) is 0 Å². The van der Waals surface area contributed by atoms with Crippen LogP contribution in [0.5, 0.6) is 0 Å². The standard InChI is InChI=1S/C13H21N3O2/c1-13(14-4-5-17)6-10-8-16(9-11(10)7-13)12(18)15(2)3/h4-5,10-11H,6-9H2,1-3H3/t10-,11+,13-. The van der Waals surface area contributed by atoms with Crippen LogP contribution in [0.3, 0.4) is 0 Å². The van der Waals surface area contributed by atoms with Gasteiger partial charge in [0, 0.05) is 27.2 Å². The average molecular weight is 251 g/mol. The van der Waals surface area contributed by atoms with Crippen LogP contribution in [0.2, 0.25) is 0 Å². The average Bonchev–Trinajstić information content (AvgIpc) is 2.80. The molecule has 0 aromatic heterocycles. The van der Waals surface area contributed by atoms with Gasteiger partial charge in [-0.25, -0.2) is 4.79 Å². The first-order valence-corrected chi connectivity index (χ1v) is 6.40. The summed E-state index contributed by atoms with van der Waals surface area (Å²) < 4.78 is 0. The Morgan fingerprint density at radius 3 is 2.33 bits per heavy atom. The molecular weight excluding hydrogens is 230 g/mol. The summed E-state index contributed by atoms with van der Waals surface area (Å²) in [6, 6.07) is 0.0995. The van der Waals surface area contributed by atoms with E-state index < -0.39 is 0 Å². The van der Waals surface area contributed by atoms with Gasteiger partial charge in [0.05, 0.1) is 11.8 Å². The second-order valence-electron chi connectivity index (χ2n) is 5.92. The summed E-state index contributed by atoms with van der Waals surface area (Å²) in [6.07, 6.45) is 4.05. The second kappa shape index (κ2) is 4.71. The molecule has 0 N–H and O–H groups in total. The van der Waals surface area contributed by atoms with Gasteiger partial charge in [-0.15, -0.1) is 0 Å². The maximum atomic E-state index is 11.9. The molecule has 3 atom stereocenters. The van der Waals surface area contributed by atoms with E-state index in [9.17, 15) is 9.59 Å². The Morgan fingerprint density at radius 1 is 1.33 bits per heavy atom.